The highest BCUT2D eigenvalue weighted by atomic mass is 32.2. The Morgan fingerprint density at radius 1 is 1.38 bits per heavy atom. The van der Waals surface area contributed by atoms with Crippen molar-refractivity contribution < 1.29 is 17.9 Å². The molecule has 0 spiro atoms. The van der Waals surface area contributed by atoms with E-state index in [4.69, 9.17) is 15.2 Å². The number of hydrogen-bond donors (Lipinski definition) is 1. The minimum Gasteiger partial charge on any atom is -0.495 e. The molecule has 0 unspecified atom stereocenters. The molecule has 1 heterocycles. The monoisotopic (exact) mass is 310 g/mol. The third kappa shape index (κ3) is 3.54. The number of sulfonamides is 1. The van der Waals surface area contributed by atoms with Crippen LogP contribution >= 0.6 is 0 Å². The average Bonchev–Trinajstić information content (AvgIpc) is 2.53. The highest BCUT2D eigenvalue weighted by Crippen LogP contribution is 2.24. The van der Waals surface area contributed by atoms with Crippen LogP contribution in [-0.4, -0.2) is 52.7 Å². The van der Waals surface area contributed by atoms with Crippen LogP contribution in [-0.2, 0) is 14.8 Å². The molecule has 6 nitrogen and oxygen atoms in total. The number of benzene rings is 1. The first-order chi connectivity index (χ1) is 10.1. The van der Waals surface area contributed by atoms with Crippen molar-refractivity contribution in [3.63, 3.8) is 0 Å². The number of nitrogens with zero attached hydrogens (tertiary/aromatic N) is 1. The Kier molecular flexibility index (Phi) is 5.20. The van der Waals surface area contributed by atoms with Gasteiger partial charge in [0.15, 0.2) is 0 Å². The van der Waals surface area contributed by atoms with Gasteiger partial charge in [0.2, 0.25) is 10.0 Å². The van der Waals surface area contributed by atoms with Gasteiger partial charge in [-0.2, -0.15) is 4.31 Å². The molecule has 1 aromatic carbocycles. The maximum absolute atomic E-state index is 12.6. The average molecular weight is 310 g/mol. The van der Waals surface area contributed by atoms with Crippen LogP contribution in [0.5, 0.6) is 5.75 Å². The van der Waals surface area contributed by atoms with Crippen molar-refractivity contribution >= 4 is 10.0 Å². The molecule has 1 fully saturated rings. The Morgan fingerprint density at radius 3 is 2.71 bits per heavy atom. The maximum Gasteiger partial charge on any atom is 0.243 e. The van der Waals surface area contributed by atoms with E-state index >= 15 is 0 Å². The number of hydrogen-bond acceptors (Lipinski definition) is 5. The Balaban J connectivity index is 2.39. The van der Waals surface area contributed by atoms with E-state index in [1.165, 1.54) is 23.5 Å². The molecule has 2 N–H and O–H groups in total. The van der Waals surface area contributed by atoms with E-state index < -0.39 is 10.0 Å². The zero-order chi connectivity index (χ0) is 15.3. The summed E-state index contributed by atoms with van der Waals surface area (Å²) in [7, 11) is -2.02. The molecule has 2 rings (SSSR count). The van der Waals surface area contributed by atoms with Crippen LogP contribution in [0.25, 0.3) is 0 Å². The molecule has 0 bridgehead atoms. The van der Waals surface area contributed by atoms with Crippen LogP contribution < -0.4 is 10.5 Å². The van der Waals surface area contributed by atoms with E-state index in [1.807, 2.05) is 0 Å². The first kappa shape index (κ1) is 15.8. The Bertz CT molecular complexity index is 655. The van der Waals surface area contributed by atoms with Crippen molar-refractivity contribution in [2.45, 2.75) is 4.90 Å². The Hall–Kier alpha value is -1.59. The lowest BCUT2D eigenvalue weighted by atomic mass is 10.2. The van der Waals surface area contributed by atoms with Gasteiger partial charge in [-0.25, -0.2) is 8.42 Å². The summed E-state index contributed by atoms with van der Waals surface area (Å²) >= 11 is 0. The number of rotatable bonds is 3. The van der Waals surface area contributed by atoms with Gasteiger partial charge in [0.25, 0.3) is 0 Å². The van der Waals surface area contributed by atoms with Gasteiger partial charge in [-0.05, 0) is 18.2 Å². The second kappa shape index (κ2) is 6.91. The predicted molar refractivity (Wildman–Crippen MR) is 78.5 cm³/mol. The van der Waals surface area contributed by atoms with E-state index in [2.05, 4.69) is 11.8 Å². The van der Waals surface area contributed by atoms with Gasteiger partial charge in [-0.3, -0.25) is 0 Å². The molecular formula is C14H18N2O4S. The van der Waals surface area contributed by atoms with Crippen LogP contribution in [0.3, 0.4) is 0 Å². The van der Waals surface area contributed by atoms with Crippen molar-refractivity contribution in [2.75, 3.05) is 40.0 Å². The minimum atomic E-state index is -3.54. The first-order valence-corrected chi connectivity index (χ1v) is 7.98. The lowest BCUT2D eigenvalue weighted by Crippen LogP contribution is -2.40. The summed E-state index contributed by atoms with van der Waals surface area (Å²) in [4.78, 5) is 0.200. The SMILES string of the molecule is COc1ccc(S(=O)(=O)N2CCOCC2)cc1C#CCN. The van der Waals surface area contributed by atoms with Crippen molar-refractivity contribution in [3.8, 4) is 17.6 Å². The van der Waals surface area contributed by atoms with Crippen molar-refractivity contribution in [1.82, 2.24) is 4.31 Å². The van der Waals surface area contributed by atoms with E-state index in [-0.39, 0.29) is 11.4 Å². The molecule has 114 valence electrons. The van der Waals surface area contributed by atoms with Crippen LogP contribution in [0.4, 0.5) is 0 Å². The van der Waals surface area contributed by atoms with Gasteiger partial charge in [0.05, 0.1) is 37.3 Å². The van der Waals surface area contributed by atoms with Gasteiger partial charge in [-0.15, -0.1) is 0 Å². The van der Waals surface area contributed by atoms with E-state index in [9.17, 15) is 8.42 Å². The fourth-order valence-electron chi connectivity index (χ4n) is 2.03. The second-order valence-corrected chi connectivity index (χ2v) is 6.32. The van der Waals surface area contributed by atoms with E-state index in [0.29, 0.717) is 37.6 Å². The molecule has 0 atom stereocenters. The van der Waals surface area contributed by atoms with Crippen LogP contribution in [0.2, 0.25) is 0 Å². The quantitative estimate of drug-likeness (QED) is 0.796. The fourth-order valence-corrected chi connectivity index (χ4v) is 3.46. The van der Waals surface area contributed by atoms with Crippen molar-refractivity contribution in [3.05, 3.63) is 23.8 Å². The molecule has 0 aliphatic carbocycles. The molecular weight excluding hydrogens is 292 g/mol. The van der Waals surface area contributed by atoms with E-state index in [1.54, 1.807) is 6.07 Å². The molecule has 1 saturated heterocycles. The first-order valence-electron chi connectivity index (χ1n) is 6.54. The molecule has 21 heavy (non-hydrogen) atoms. The molecule has 1 aliphatic rings. The molecule has 7 heteroatoms. The normalized spacial score (nSPS) is 16.1. The predicted octanol–water partition coefficient (Wildman–Crippen LogP) is 0.0263. The smallest absolute Gasteiger partial charge is 0.243 e. The van der Waals surface area contributed by atoms with Crippen LogP contribution in [0.1, 0.15) is 5.56 Å². The molecule has 0 radical (unpaired) electrons. The lowest BCUT2D eigenvalue weighted by Gasteiger charge is -2.26. The fraction of sp³-hybridized carbons (Fsp3) is 0.429. The van der Waals surface area contributed by atoms with Crippen molar-refractivity contribution in [1.29, 1.82) is 0 Å². The zero-order valence-electron chi connectivity index (χ0n) is 11.8. The molecule has 1 aromatic rings. The van der Waals surface area contributed by atoms with Crippen LogP contribution in [0, 0.1) is 11.8 Å². The minimum absolute atomic E-state index is 0.198. The molecule has 0 amide bonds. The standard InChI is InChI=1S/C14H18N2O4S/c1-19-14-5-4-13(11-12(14)3-2-6-15)21(17,18)16-7-9-20-10-8-16/h4-5,11H,6-10,15H2,1H3. The number of methoxy groups -OCH3 is 1. The summed E-state index contributed by atoms with van der Waals surface area (Å²) in [5.74, 6) is 6.06. The van der Waals surface area contributed by atoms with Crippen molar-refractivity contribution in [2.24, 2.45) is 5.73 Å². The van der Waals surface area contributed by atoms with Gasteiger partial charge < -0.3 is 15.2 Å². The zero-order valence-corrected chi connectivity index (χ0v) is 12.6. The largest absolute Gasteiger partial charge is 0.495 e. The summed E-state index contributed by atoms with van der Waals surface area (Å²) < 4.78 is 36.9. The van der Waals surface area contributed by atoms with Gasteiger partial charge in [0, 0.05) is 13.1 Å². The second-order valence-electron chi connectivity index (χ2n) is 4.38. The van der Waals surface area contributed by atoms with Crippen LogP contribution in [0.15, 0.2) is 23.1 Å². The Morgan fingerprint density at radius 2 is 2.10 bits per heavy atom. The molecule has 0 saturated carbocycles. The van der Waals surface area contributed by atoms with Gasteiger partial charge >= 0.3 is 0 Å². The number of ether oxygens (including phenoxy) is 2. The van der Waals surface area contributed by atoms with Gasteiger partial charge in [0.1, 0.15) is 5.75 Å². The molecule has 0 aromatic heterocycles. The van der Waals surface area contributed by atoms with E-state index in [0.717, 1.165) is 0 Å². The summed E-state index contributed by atoms with van der Waals surface area (Å²) in [6.07, 6.45) is 0. The maximum atomic E-state index is 12.6. The highest BCUT2D eigenvalue weighted by molar-refractivity contribution is 7.89. The number of nitrogens with two attached hydrogens (primary N) is 1. The summed E-state index contributed by atoms with van der Waals surface area (Å²) in [5.41, 5.74) is 5.87. The molecule has 1 aliphatic heterocycles. The van der Waals surface area contributed by atoms with Gasteiger partial charge in [-0.1, -0.05) is 11.8 Å². The topological polar surface area (TPSA) is 81.9 Å². The third-order valence-corrected chi connectivity index (χ3v) is 5.00. The summed E-state index contributed by atoms with van der Waals surface area (Å²) in [6, 6.07) is 4.65. The Labute approximate surface area is 124 Å². The third-order valence-electron chi connectivity index (χ3n) is 3.10. The summed E-state index contributed by atoms with van der Waals surface area (Å²) in [5, 5.41) is 0. The lowest BCUT2D eigenvalue weighted by molar-refractivity contribution is 0.0730. The number of morpholine rings is 1. The summed E-state index contributed by atoms with van der Waals surface area (Å²) in [6.45, 7) is 1.74. The highest BCUT2D eigenvalue weighted by Gasteiger charge is 2.26.